The fourth-order valence-electron chi connectivity index (χ4n) is 2.18. The van der Waals surface area contributed by atoms with Crippen LogP contribution in [0.15, 0.2) is 24.3 Å². The second kappa shape index (κ2) is 5.34. The van der Waals surface area contributed by atoms with Gasteiger partial charge in [-0.1, -0.05) is 38.1 Å². The van der Waals surface area contributed by atoms with Gasteiger partial charge < -0.3 is 0 Å². The molecule has 1 fully saturated rings. The van der Waals surface area contributed by atoms with E-state index in [1.165, 1.54) is 0 Å². The Hall–Kier alpha value is -1.97. The van der Waals surface area contributed by atoms with Gasteiger partial charge in [0.15, 0.2) is 5.78 Å². The molecule has 1 aromatic rings. The van der Waals surface area contributed by atoms with E-state index in [1.807, 2.05) is 19.1 Å². The number of ketones is 1. The lowest BCUT2D eigenvalue weighted by Crippen LogP contribution is -2.35. The summed E-state index contributed by atoms with van der Waals surface area (Å²) in [6.07, 6.45) is 1.12. The molecule has 1 aromatic carbocycles. The highest BCUT2D eigenvalue weighted by atomic mass is 16.2. The lowest BCUT2D eigenvalue weighted by atomic mass is 10.1. The largest absolute Gasteiger partial charge is 0.292 e. The number of carbonyl (C=O) groups is 3. The number of hydrogen-bond acceptors (Lipinski definition) is 3. The molecule has 1 heterocycles. The monoisotopic (exact) mass is 259 g/mol. The summed E-state index contributed by atoms with van der Waals surface area (Å²) >= 11 is 0. The van der Waals surface area contributed by atoms with Crippen molar-refractivity contribution in [3.05, 3.63) is 35.4 Å². The highest BCUT2D eigenvalue weighted by molar-refractivity contribution is 6.08. The minimum Gasteiger partial charge on any atom is -0.292 e. The van der Waals surface area contributed by atoms with E-state index in [0.717, 1.165) is 16.9 Å². The number of rotatable bonds is 4. The Morgan fingerprint density at radius 2 is 1.89 bits per heavy atom. The standard InChI is InChI=1S/C15H17NO3/c1-3-11-4-6-12(7-5-11)13(17)9-16-14(18)8-10(2)15(16)19/h4-7,10H,3,8-9H2,1-2H3. The Bertz CT molecular complexity index is 519. The van der Waals surface area contributed by atoms with Gasteiger partial charge in [0.25, 0.3) is 0 Å². The second-order valence-corrected chi connectivity index (χ2v) is 4.90. The number of imide groups is 1. The molecule has 0 spiro atoms. The van der Waals surface area contributed by atoms with Crippen LogP contribution in [-0.2, 0) is 16.0 Å². The Morgan fingerprint density at radius 1 is 1.26 bits per heavy atom. The molecular formula is C15H17NO3. The van der Waals surface area contributed by atoms with Crippen LogP contribution in [0.3, 0.4) is 0 Å². The number of nitrogens with zero attached hydrogens (tertiary/aromatic N) is 1. The van der Waals surface area contributed by atoms with E-state index in [4.69, 9.17) is 0 Å². The second-order valence-electron chi connectivity index (χ2n) is 4.90. The van der Waals surface area contributed by atoms with Gasteiger partial charge in [0.05, 0.1) is 6.54 Å². The summed E-state index contributed by atoms with van der Waals surface area (Å²) in [6.45, 7) is 3.61. The van der Waals surface area contributed by atoms with Crippen LogP contribution in [0.1, 0.15) is 36.2 Å². The van der Waals surface area contributed by atoms with E-state index in [1.54, 1.807) is 19.1 Å². The highest BCUT2D eigenvalue weighted by Crippen LogP contribution is 2.19. The molecule has 1 aliphatic heterocycles. The quantitative estimate of drug-likeness (QED) is 0.612. The van der Waals surface area contributed by atoms with E-state index < -0.39 is 0 Å². The number of aryl methyl sites for hydroxylation is 1. The van der Waals surface area contributed by atoms with E-state index in [-0.39, 0.29) is 36.5 Å². The first-order valence-corrected chi connectivity index (χ1v) is 6.49. The van der Waals surface area contributed by atoms with Gasteiger partial charge in [-0.2, -0.15) is 0 Å². The molecule has 1 atom stereocenters. The van der Waals surface area contributed by atoms with Gasteiger partial charge >= 0.3 is 0 Å². The third kappa shape index (κ3) is 2.72. The zero-order chi connectivity index (χ0) is 14.0. The molecule has 1 aliphatic rings. The highest BCUT2D eigenvalue weighted by Gasteiger charge is 2.36. The third-order valence-corrected chi connectivity index (χ3v) is 3.46. The fourth-order valence-corrected chi connectivity index (χ4v) is 2.18. The van der Waals surface area contributed by atoms with Gasteiger partial charge in [0, 0.05) is 17.9 Å². The number of benzene rings is 1. The first-order valence-electron chi connectivity index (χ1n) is 6.49. The van der Waals surface area contributed by atoms with Crippen molar-refractivity contribution in [3.8, 4) is 0 Å². The molecule has 2 rings (SSSR count). The number of likely N-dealkylation sites (tertiary alicyclic amines) is 1. The number of amides is 2. The van der Waals surface area contributed by atoms with Crippen LogP contribution >= 0.6 is 0 Å². The predicted molar refractivity (Wildman–Crippen MR) is 70.7 cm³/mol. The summed E-state index contributed by atoms with van der Waals surface area (Å²) in [4.78, 5) is 36.5. The lowest BCUT2D eigenvalue weighted by Gasteiger charge is -2.13. The van der Waals surface area contributed by atoms with Gasteiger partial charge in [0.2, 0.25) is 11.8 Å². The van der Waals surface area contributed by atoms with E-state index >= 15 is 0 Å². The van der Waals surface area contributed by atoms with Crippen molar-refractivity contribution in [1.29, 1.82) is 0 Å². The molecule has 4 nitrogen and oxygen atoms in total. The molecular weight excluding hydrogens is 242 g/mol. The topological polar surface area (TPSA) is 54.5 Å². The van der Waals surface area contributed by atoms with Crippen molar-refractivity contribution < 1.29 is 14.4 Å². The summed E-state index contributed by atoms with van der Waals surface area (Å²) in [5.41, 5.74) is 1.69. The summed E-state index contributed by atoms with van der Waals surface area (Å²) in [5.74, 6) is -0.999. The Kier molecular flexibility index (Phi) is 3.79. The van der Waals surface area contributed by atoms with E-state index in [0.29, 0.717) is 5.56 Å². The van der Waals surface area contributed by atoms with Crippen LogP contribution in [0.5, 0.6) is 0 Å². The van der Waals surface area contributed by atoms with Gasteiger partial charge in [-0.25, -0.2) is 0 Å². The van der Waals surface area contributed by atoms with Crippen molar-refractivity contribution in [1.82, 2.24) is 4.90 Å². The van der Waals surface area contributed by atoms with Crippen molar-refractivity contribution in [2.45, 2.75) is 26.7 Å². The van der Waals surface area contributed by atoms with Crippen LogP contribution in [-0.4, -0.2) is 29.0 Å². The maximum atomic E-state index is 12.1. The fraction of sp³-hybridized carbons (Fsp3) is 0.400. The normalized spacial score (nSPS) is 19.1. The molecule has 1 unspecified atom stereocenters. The zero-order valence-electron chi connectivity index (χ0n) is 11.2. The SMILES string of the molecule is CCc1ccc(C(=O)CN2C(=O)CC(C)C2=O)cc1. The van der Waals surface area contributed by atoms with E-state index in [2.05, 4.69) is 0 Å². The first kappa shape index (κ1) is 13.5. The first-order chi connectivity index (χ1) is 9.02. The van der Waals surface area contributed by atoms with Crippen molar-refractivity contribution in [3.63, 3.8) is 0 Å². The van der Waals surface area contributed by atoms with Crippen LogP contribution in [0.2, 0.25) is 0 Å². The Balaban J connectivity index is 2.08. The molecule has 0 aliphatic carbocycles. The molecule has 0 saturated carbocycles. The molecule has 0 aromatic heterocycles. The maximum absolute atomic E-state index is 12.1. The average molecular weight is 259 g/mol. The van der Waals surface area contributed by atoms with Crippen LogP contribution in [0, 0.1) is 5.92 Å². The summed E-state index contributed by atoms with van der Waals surface area (Å²) < 4.78 is 0. The number of Topliss-reactive ketones (excluding diaryl/α,β-unsaturated/α-hetero) is 1. The molecule has 0 bridgehead atoms. The van der Waals surface area contributed by atoms with Gasteiger partial charge in [-0.05, 0) is 12.0 Å². The van der Waals surface area contributed by atoms with Gasteiger partial charge in [-0.3, -0.25) is 19.3 Å². The Morgan fingerprint density at radius 3 is 2.37 bits per heavy atom. The van der Waals surface area contributed by atoms with Crippen molar-refractivity contribution in [2.75, 3.05) is 6.54 Å². The van der Waals surface area contributed by atoms with E-state index in [9.17, 15) is 14.4 Å². The average Bonchev–Trinajstić information content (AvgIpc) is 2.65. The number of hydrogen-bond donors (Lipinski definition) is 0. The maximum Gasteiger partial charge on any atom is 0.232 e. The van der Waals surface area contributed by atoms with Gasteiger partial charge in [-0.15, -0.1) is 0 Å². The van der Waals surface area contributed by atoms with Crippen molar-refractivity contribution in [2.24, 2.45) is 5.92 Å². The molecule has 19 heavy (non-hydrogen) atoms. The van der Waals surface area contributed by atoms with Gasteiger partial charge in [0.1, 0.15) is 0 Å². The third-order valence-electron chi connectivity index (χ3n) is 3.46. The molecule has 100 valence electrons. The minimum absolute atomic E-state index is 0.145. The minimum atomic E-state index is -0.303. The molecule has 4 heteroatoms. The van der Waals surface area contributed by atoms with Crippen LogP contribution in [0.4, 0.5) is 0 Å². The molecule has 2 amide bonds. The number of carbonyl (C=O) groups excluding carboxylic acids is 3. The molecule has 1 saturated heterocycles. The smallest absolute Gasteiger partial charge is 0.232 e. The van der Waals surface area contributed by atoms with Crippen LogP contribution < -0.4 is 0 Å². The van der Waals surface area contributed by atoms with Crippen molar-refractivity contribution >= 4 is 17.6 Å². The molecule has 0 radical (unpaired) electrons. The summed E-state index contributed by atoms with van der Waals surface area (Å²) in [5, 5.41) is 0. The summed E-state index contributed by atoms with van der Waals surface area (Å²) in [7, 11) is 0. The van der Waals surface area contributed by atoms with Crippen LogP contribution in [0.25, 0.3) is 0 Å². The predicted octanol–water partition coefficient (Wildman–Crippen LogP) is 1.83. The summed E-state index contributed by atoms with van der Waals surface area (Å²) in [6, 6.07) is 7.28. The Labute approximate surface area is 112 Å². The zero-order valence-corrected chi connectivity index (χ0v) is 11.2. The molecule has 0 N–H and O–H groups in total. The lowest BCUT2D eigenvalue weighted by molar-refractivity contribution is -0.138.